The molecule has 1 aromatic carbocycles. The number of nitrogens with one attached hydrogen (secondary N) is 1. The normalized spacial score (nSPS) is 23.6. The van der Waals surface area contributed by atoms with Crippen molar-refractivity contribution in [1.29, 1.82) is 0 Å². The second kappa shape index (κ2) is 5.53. The van der Waals surface area contributed by atoms with Crippen LogP contribution in [-0.2, 0) is 6.54 Å². The molecule has 1 heterocycles. The van der Waals surface area contributed by atoms with Gasteiger partial charge in [-0.3, -0.25) is 0 Å². The van der Waals surface area contributed by atoms with Gasteiger partial charge in [0.05, 0.1) is 0 Å². The molecule has 1 nitrogen and oxygen atoms in total. The Labute approximate surface area is 109 Å². The zero-order valence-electron chi connectivity index (χ0n) is 10.2. The van der Waals surface area contributed by atoms with E-state index < -0.39 is 17.5 Å². The summed E-state index contributed by atoms with van der Waals surface area (Å²) in [6.45, 7) is 3.33. The number of thioether (sulfide) groups is 1. The third-order valence-electron chi connectivity index (χ3n) is 3.17. The van der Waals surface area contributed by atoms with E-state index in [1.807, 2.05) is 11.8 Å². The summed E-state index contributed by atoms with van der Waals surface area (Å²) >= 11 is 1.92. The molecule has 0 amide bonds. The monoisotopic (exact) mass is 275 g/mol. The highest BCUT2D eigenvalue weighted by Crippen LogP contribution is 2.36. The zero-order chi connectivity index (χ0) is 13.2. The molecular formula is C13H16F3NS. The maximum Gasteiger partial charge on any atom is 0.194 e. The summed E-state index contributed by atoms with van der Waals surface area (Å²) in [5, 5.41) is 3.18. The lowest BCUT2D eigenvalue weighted by Gasteiger charge is -2.23. The molecule has 0 aliphatic carbocycles. The van der Waals surface area contributed by atoms with Crippen LogP contribution in [0.25, 0.3) is 0 Å². The standard InChI is InChI=1S/C13H16F3NS/c1-13(3-2-4-18-13)8-17-7-9-5-10(14)12(16)11(15)6-9/h5-6,17H,2-4,7-8H2,1H3. The minimum absolute atomic E-state index is 0.205. The van der Waals surface area contributed by atoms with E-state index >= 15 is 0 Å². The smallest absolute Gasteiger partial charge is 0.194 e. The predicted molar refractivity (Wildman–Crippen MR) is 68.1 cm³/mol. The van der Waals surface area contributed by atoms with Gasteiger partial charge >= 0.3 is 0 Å². The third-order valence-corrected chi connectivity index (χ3v) is 4.71. The number of hydrogen-bond donors (Lipinski definition) is 1. The van der Waals surface area contributed by atoms with Crippen molar-refractivity contribution >= 4 is 11.8 Å². The molecule has 1 atom stereocenters. The molecule has 0 spiro atoms. The highest BCUT2D eigenvalue weighted by atomic mass is 32.2. The SMILES string of the molecule is CC1(CNCc2cc(F)c(F)c(F)c2)CCCS1. The molecule has 18 heavy (non-hydrogen) atoms. The van der Waals surface area contributed by atoms with Gasteiger partial charge in [0, 0.05) is 17.8 Å². The molecule has 100 valence electrons. The van der Waals surface area contributed by atoms with Gasteiger partial charge in [-0.15, -0.1) is 0 Å². The molecule has 0 saturated carbocycles. The summed E-state index contributed by atoms with van der Waals surface area (Å²) in [6, 6.07) is 2.07. The van der Waals surface area contributed by atoms with Gasteiger partial charge < -0.3 is 5.32 Å². The first-order valence-corrected chi connectivity index (χ1v) is 6.97. The summed E-state index contributed by atoms with van der Waals surface area (Å²) < 4.78 is 39.0. The molecule has 1 N–H and O–H groups in total. The van der Waals surface area contributed by atoms with Crippen LogP contribution in [0.5, 0.6) is 0 Å². The molecule has 1 unspecified atom stereocenters. The molecule has 2 rings (SSSR count). The van der Waals surface area contributed by atoms with E-state index in [1.54, 1.807) is 0 Å². The molecule has 1 aromatic rings. The van der Waals surface area contributed by atoms with E-state index in [-0.39, 0.29) is 4.75 Å². The quantitative estimate of drug-likeness (QED) is 0.844. The Morgan fingerprint density at radius 2 is 1.94 bits per heavy atom. The fourth-order valence-electron chi connectivity index (χ4n) is 2.16. The van der Waals surface area contributed by atoms with E-state index in [0.29, 0.717) is 12.1 Å². The van der Waals surface area contributed by atoms with Gasteiger partial charge in [0.2, 0.25) is 0 Å². The van der Waals surface area contributed by atoms with Gasteiger partial charge in [0.15, 0.2) is 17.5 Å². The van der Waals surface area contributed by atoms with E-state index in [2.05, 4.69) is 12.2 Å². The van der Waals surface area contributed by atoms with Crippen molar-refractivity contribution in [1.82, 2.24) is 5.32 Å². The Balaban J connectivity index is 1.90. The Bertz CT molecular complexity index is 407. The number of halogens is 3. The number of rotatable bonds is 4. The lowest BCUT2D eigenvalue weighted by molar-refractivity contribution is 0.443. The van der Waals surface area contributed by atoms with Crippen molar-refractivity contribution in [3.05, 3.63) is 35.1 Å². The van der Waals surface area contributed by atoms with Crippen LogP contribution >= 0.6 is 11.8 Å². The molecule has 0 aromatic heterocycles. The molecule has 1 aliphatic rings. The zero-order valence-corrected chi connectivity index (χ0v) is 11.0. The minimum atomic E-state index is -1.41. The lowest BCUT2D eigenvalue weighted by Crippen LogP contribution is -2.32. The molecule has 1 aliphatic heterocycles. The first-order chi connectivity index (χ1) is 8.50. The van der Waals surface area contributed by atoms with Crippen LogP contribution in [0.2, 0.25) is 0 Å². The van der Waals surface area contributed by atoms with Crippen molar-refractivity contribution < 1.29 is 13.2 Å². The van der Waals surface area contributed by atoms with E-state index in [0.717, 1.165) is 30.9 Å². The van der Waals surface area contributed by atoms with E-state index in [9.17, 15) is 13.2 Å². The Morgan fingerprint density at radius 3 is 2.50 bits per heavy atom. The minimum Gasteiger partial charge on any atom is -0.311 e. The Morgan fingerprint density at radius 1 is 1.28 bits per heavy atom. The topological polar surface area (TPSA) is 12.0 Å². The molecule has 5 heteroatoms. The summed E-state index contributed by atoms with van der Waals surface area (Å²) in [5.41, 5.74) is 0.429. The van der Waals surface area contributed by atoms with E-state index in [1.165, 1.54) is 6.42 Å². The highest BCUT2D eigenvalue weighted by molar-refractivity contribution is 8.00. The summed E-state index contributed by atoms with van der Waals surface area (Å²) in [6.07, 6.45) is 2.36. The van der Waals surface area contributed by atoms with Crippen LogP contribution in [-0.4, -0.2) is 17.0 Å². The van der Waals surface area contributed by atoms with Crippen LogP contribution in [0, 0.1) is 17.5 Å². The highest BCUT2D eigenvalue weighted by Gasteiger charge is 2.28. The van der Waals surface area contributed by atoms with Crippen molar-refractivity contribution in [3.8, 4) is 0 Å². The first kappa shape index (κ1) is 13.7. The maximum absolute atomic E-state index is 13.0. The lowest BCUT2D eigenvalue weighted by atomic mass is 10.1. The van der Waals surface area contributed by atoms with Crippen LogP contribution in [0.15, 0.2) is 12.1 Å². The van der Waals surface area contributed by atoms with Gasteiger partial charge in [-0.25, -0.2) is 13.2 Å². The fourth-order valence-corrected chi connectivity index (χ4v) is 3.43. The molecule has 0 radical (unpaired) electrons. The first-order valence-electron chi connectivity index (χ1n) is 5.98. The van der Waals surface area contributed by atoms with Crippen LogP contribution in [0.1, 0.15) is 25.3 Å². The predicted octanol–water partition coefficient (Wildman–Crippen LogP) is 3.48. The molecule has 1 fully saturated rings. The van der Waals surface area contributed by atoms with Crippen molar-refractivity contribution in [2.24, 2.45) is 0 Å². The maximum atomic E-state index is 13.0. The van der Waals surface area contributed by atoms with E-state index in [4.69, 9.17) is 0 Å². The summed E-state index contributed by atoms with van der Waals surface area (Å²) in [4.78, 5) is 0. The van der Waals surface area contributed by atoms with Gasteiger partial charge in [0.1, 0.15) is 0 Å². The molecular weight excluding hydrogens is 259 g/mol. The Kier molecular flexibility index (Phi) is 4.22. The second-order valence-corrected chi connectivity index (χ2v) is 6.56. The van der Waals surface area contributed by atoms with Gasteiger partial charge in [0.25, 0.3) is 0 Å². The van der Waals surface area contributed by atoms with Crippen LogP contribution in [0.4, 0.5) is 13.2 Å². The van der Waals surface area contributed by atoms with Crippen molar-refractivity contribution in [2.75, 3.05) is 12.3 Å². The van der Waals surface area contributed by atoms with Crippen molar-refractivity contribution in [2.45, 2.75) is 31.1 Å². The average Bonchev–Trinajstić information content (AvgIpc) is 2.73. The second-order valence-electron chi connectivity index (χ2n) is 4.88. The number of hydrogen-bond acceptors (Lipinski definition) is 2. The summed E-state index contributed by atoms with van der Waals surface area (Å²) in [7, 11) is 0. The number of benzene rings is 1. The van der Waals surface area contributed by atoms with Crippen LogP contribution in [0.3, 0.4) is 0 Å². The van der Waals surface area contributed by atoms with Gasteiger partial charge in [-0.05, 0) is 43.2 Å². The summed E-state index contributed by atoms with van der Waals surface area (Å²) in [5.74, 6) is -2.50. The average molecular weight is 275 g/mol. The molecule has 1 saturated heterocycles. The largest absolute Gasteiger partial charge is 0.311 e. The third kappa shape index (κ3) is 3.20. The fraction of sp³-hybridized carbons (Fsp3) is 0.538. The Hall–Kier alpha value is -0.680. The van der Waals surface area contributed by atoms with Gasteiger partial charge in [-0.1, -0.05) is 0 Å². The van der Waals surface area contributed by atoms with Crippen LogP contribution < -0.4 is 5.32 Å². The van der Waals surface area contributed by atoms with Crippen molar-refractivity contribution in [3.63, 3.8) is 0 Å². The van der Waals surface area contributed by atoms with Gasteiger partial charge in [-0.2, -0.15) is 11.8 Å². The molecule has 0 bridgehead atoms.